The highest BCUT2D eigenvalue weighted by Crippen LogP contribution is 2.15. The molecule has 4 N–H and O–H groups in total. The lowest BCUT2D eigenvalue weighted by Crippen LogP contribution is -2.35. The van der Waals surface area contributed by atoms with Gasteiger partial charge in [-0.15, -0.1) is 0 Å². The summed E-state index contributed by atoms with van der Waals surface area (Å²) in [7, 11) is -3.77. The molecular formula is C10H16N2O5S. The van der Waals surface area contributed by atoms with Crippen molar-refractivity contribution in [2.75, 3.05) is 13.2 Å². The molecule has 1 aromatic rings. The molecule has 0 aromatic carbocycles. The minimum absolute atomic E-state index is 0.0550. The van der Waals surface area contributed by atoms with Gasteiger partial charge in [-0.3, -0.25) is 0 Å². The molecule has 8 heteroatoms. The molecule has 0 atom stereocenters. The van der Waals surface area contributed by atoms with Crippen LogP contribution in [0.25, 0.3) is 0 Å². The van der Waals surface area contributed by atoms with Crippen molar-refractivity contribution >= 4 is 16.0 Å². The smallest absolute Gasteiger partial charge is 0.352 e. The van der Waals surface area contributed by atoms with Crippen LogP contribution in [-0.4, -0.2) is 42.7 Å². The third kappa shape index (κ3) is 3.56. The molecule has 0 amide bonds. The fourth-order valence-electron chi connectivity index (χ4n) is 1.08. The predicted molar refractivity (Wildman–Crippen MR) is 63.8 cm³/mol. The molecule has 0 aliphatic carbocycles. The highest BCUT2D eigenvalue weighted by molar-refractivity contribution is 7.89. The maximum atomic E-state index is 11.8. The van der Waals surface area contributed by atoms with Crippen molar-refractivity contribution < 1.29 is 23.4 Å². The third-order valence-electron chi connectivity index (χ3n) is 2.37. The van der Waals surface area contributed by atoms with E-state index in [1.54, 1.807) is 13.8 Å². The van der Waals surface area contributed by atoms with Gasteiger partial charge in [-0.2, -0.15) is 0 Å². The Hall–Kier alpha value is -1.38. The van der Waals surface area contributed by atoms with Crippen molar-refractivity contribution in [1.29, 1.82) is 0 Å². The second-order valence-corrected chi connectivity index (χ2v) is 6.47. The Bertz CT molecular complexity index is 532. The second kappa shape index (κ2) is 5.09. The van der Waals surface area contributed by atoms with Gasteiger partial charge in [0.05, 0.1) is 0 Å². The third-order valence-corrected chi connectivity index (χ3v) is 3.75. The molecule has 0 spiro atoms. The van der Waals surface area contributed by atoms with Gasteiger partial charge >= 0.3 is 5.97 Å². The van der Waals surface area contributed by atoms with Crippen LogP contribution in [0.3, 0.4) is 0 Å². The van der Waals surface area contributed by atoms with E-state index in [2.05, 4.69) is 9.71 Å². The van der Waals surface area contributed by atoms with Crippen LogP contribution in [0.4, 0.5) is 0 Å². The van der Waals surface area contributed by atoms with E-state index in [0.717, 1.165) is 12.3 Å². The molecule has 0 bridgehead atoms. The SMILES string of the molecule is CC(C)(CO)CNS(=O)(=O)c1c[nH]c(C(=O)O)c1. The Morgan fingerprint density at radius 2 is 2.11 bits per heavy atom. The summed E-state index contributed by atoms with van der Waals surface area (Å²) < 4.78 is 26.0. The van der Waals surface area contributed by atoms with E-state index in [-0.39, 0.29) is 23.7 Å². The van der Waals surface area contributed by atoms with Gasteiger partial charge in [-0.25, -0.2) is 17.9 Å². The number of aromatic nitrogens is 1. The maximum Gasteiger partial charge on any atom is 0.352 e. The van der Waals surface area contributed by atoms with Gasteiger partial charge in [0.25, 0.3) is 0 Å². The first kappa shape index (κ1) is 14.7. The van der Waals surface area contributed by atoms with Crippen molar-refractivity contribution in [3.05, 3.63) is 18.0 Å². The van der Waals surface area contributed by atoms with E-state index in [1.807, 2.05) is 0 Å². The highest BCUT2D eigenvalue weighted by atomic mass is 32.2. The number of carboxylic acids is 1. The Balaban J connectivity index is 2.83. The molecule has 0 fully saturated rings. The summed E-state index contributed by atoms with van der Waals surface area (Å²) >= 11 is 0. The molecule has 18 heavy (non-hydrogen) atoms. The minimum Gasteiger partial charge on any atom is -0.477 e. The van der Waals surface area contributed by atoms with Gasteiger partial charge in [0, 0.05) is 24.8 Å². The lowest BCUT2D eigenvalue weighted by Gasteiger charge is -2.21. The molecular weight excluding hydrogens is 260 g/mol. The summed E-state index contributed by atoms with van der Waals surface area (Å²) in [6, 6.07) is 1.04. The van der Waals surface area contributed by atoms with Gasteiger partial charge in [-0.1, -0.05) is 13.8 Å². The number of hydrogen-bond donors (Lipinski definition) is 4. The number of rotatable bonds is 6. The summed E-state index contributed by atoms with van der Waals surface area (Å²) in [6.45, 7) is 3.30. The largest absolute Gasteiger partial charge is 0.477 e. The van der Waals surface area contributed by atoms with Gasteiger partial charge in [0.1, 0.15) is 10.6 Å². The van der Waals surface area contributed by atoms with Gasteiger partial charge < -0.3 is 15.2 Å². The first-order valence-corrected chi connectivity index (χ1v) is 6.68. The van der Waals surface area contributed by atoms with Crippen LogP contribution < -0.4 is 4.72 Å². The van der Waals surface area contributed by atoms with Crippen LogP contribution >= 0.6 is 0 Å². The molecule has 0 saturated heterocycles. The number of H-pyrrole nitrogens is 1. The fourth-order valence-corrected chi connectivity index (χ4v) is 2.32. The first-order valence-electron chi connectivity index (χ1n) is 5.20. The molecule has 0 unspecified atom stereocenters. The number of carboxylic acid groups (broad SMARTS) is 1. The minimum atomic E-state index is -3.77. The number of aromatic carboxylic acids is 1. The van der Waals surface area contributed by atoms with Crippen molar-refractivity contribution in [3.63, 3.8) is 0 Å². The average Bonchev–Trinajstić information content (AvgIpc) is 2.77. The summed E-state index contributed by atoms with van der Waals surface area (Å²) in [5, 5.41) is 17.7. The van der Waals surface area contributed by atoms with E-state index in [0.29, 0.717) is 0 Å². The van der Waals surface area contributed by atoms with E-state index in [1.165, 1.54) is 0 Å². The zero-order valence-corrected chi connectivity index (χ0v) is 10.9. The van der Waals surface area contributed by atoms with Crippen molar-refractivity contribution in [2.45, 2.75) is 18.7 Å². The van der Waals surface area contributed by atoms with Crippen LogP contribution in [0.15, 0.2) is 17.2 Å². The molecule has 0 aliphatic rings. The molecule has 1 aromatic heterocycles. The lowest BCUT2D eigenvalue weighted by molar-refractivity contribution is 0.0691. The molecule has 7 nitrogen and oxygen atoms in total. The fraction of sp³-hybridized carbons (Fsp3) is 0.500. The number of carbonyl (C=O) groups is 1. The lowest BCUT2D eigenvalue weighted by atomic mass is 9.96. The highest BCUT2D eigenvalue weighted by Gasteiger charge is 2.23. The van der Waals surface area contributed by atoms with Crippen molar-refractivity contribution in [1.82, 2.24) is 9.71 Å². The molecule has 0 radical (unpaired) electrons. The topological polar surface area (TPSA) is 119 Å². The van der Waals surface area contributed by atoms with E-state index in [4.69, 9.17) is 10.2 Å². The summed E-state index contributed by atoms with van der Waals surface area (Å²) in [6.07, 6.45) is 1.11. The Morgan fingerprint density at radius 3 is 2.56 bits per heavy atom. The number of aliphatic hydroxyl groups excluding tert-OH is 1. The number of hydrogen-bond acceptors (Lipinski definition) is 4. The molecule has 0 saturated carbocycles. The number of aliphatic hydroxyl groups is 1. The second-order valence-electron chi connectivity index (χ2n) is 4.70. The number of sulfonamides is 1. The predicted octanol–water partition coefficient (Wildman–Crippen LogP) is 0.00970. The van der Waals surface area contributed by atoms with Gasteiger partial charge in [-0.05, 0) is 6.07 Å². The van der Waals surface area contributed by atoms with E-state index in [9.17, 15) is 13.2 Å². The summed E-state index contributed by atoms with van der Waals surface area (Å²) in [5.41, 5.74) is -0.782. The molecule has 1 rings (SSSR count). The molecule has 1 heterocycles. The monoisotopic (exact) mass is 276 g/mol. The average molecular weight is 276 g/mol. The molecule has 102 valence electrons. The van der Waals surface area contributed by atoms with Crippen LogP contribution in [-0.2, 0) is 10.0 Å². The number of aromatic amines is 1. The standard InChI is InChI=1S/C10H16N2O5S/c1-10(2,6-13)5-12-18(16,17)7-3-8(9(14)15)11-4-7/h3-4,11-13H,5-6H2,1-2H3,(H,14,15). The summed E-state index contributed by atoms with van der Waals surface area (Å²) in [5.74, 6) is -1.23. The van der Waals surface area contributed by atoms with Crippen LogP contribution in [0.5, 0.6) is 0 Å². The van der Waals surface area contributed by atoms with Crippen molar-refractivity contribution in [3.8, 4) is 0 Å². The van der Waals surface area contributed by atoms with Crippen LogP contribution in [0, 0.1) is 5.41 Å². The van der Waals surface area contributed by atoms with Crippen LogP contribution in [0.2, 0.25) is 0 Å². The Morgan fingerprint density at radius 1 is 1.50 bits per heavy atom. The van der Waals surface area contributed by atoms with E-state index >= 15 is 0 Å². The molecule has 0 aliphatic heterocycles. The van der Waals surface area contributed by atoms with Gasteiger partial charge in [0.2, 0.25) is 10.0 Å². The maximum absolute atomic E-state index is 11.8. The van der Waals surface area contributed by atoms with Gasteiger partial charge in [0.15, 0.2) is 0 Å². The first-order chi connectivity index (χ1) is 8.18. The van der Waals surface area contributed by atoms with Crippen LogP contribution in [0.1, 0.15) is 24.3 Å². The zero-order chi connectivity index (χ0) is 14.0. The Labute approximate surface area is 105 Å². The normalized spacial score (nSPS) is 12.6. The Kier molecular flexibility index (Phi) is 4.15. The summed E-state index contributed by atoms with van der Waals surface area (Å²) in [4.78, 5) is 12.8. The quantitative estimate of drug-likeness (QED) is 0.583. The zero-order valence-electron chi connectivity index (χ0n) is 10.1. The van der Waals surface area contributed by atoms with Crippen molar-refractivity contribution in [2.24, 2.45) is 5.41 Å². The number of nitrogens with one attached hydrogen (secondary N) is 2. The van der Waals surface area contributed by atoms with E-state index < -0.39 is 21.4 Å².